The lowest BCUT2D eigenvalue weighted by molar-refractivity contribution is -0.290. The van der Waals surface area contributed by atoms with E-state index in [1.54, 1.807) is 13.8 Å². The molecule has 0 radical (unpaired) electrons. The smallest absolute Gasteiger partial charge is 0.320 e. The first-order valence-corrected chi connectivity index (χ1v) is 10.6. The molecule has 0 spiro atoms. The average Bonchev–Trinajstić information content (AvgIpc) is 2.69. The van der Waals surface area contributed by atoms with Crippen molar-refractivity contribution in [3.8, 4) is 0 Å². The summed E-state index contributed by atoms with van der Waals surface area (Å²) in [5.74, 6) is -3.91. The van der Waals surface area contributed by atoms with Gasteiger partial charge in [-0.25, -0.2) is 0 Å². The molecule has 5 atom stereocenters. The lowest BCUT2D eigenvalue weighted by Gasteiger charge is -2.44. The molecule has 0 amide bonds. The minimum atomic E-state index is -1.15. The summed E-state index contributed by atoms with van der Waals surface area (Å²) in [4.78, 5) is 47.5. The predicted molar refractivity (Wildman–Crippen MR) is 107 cm³/mol. The Morgan fingerprint density at radius 1 is 0.871 bits per heavy atom. The van der Waals surface area contributed by atoms with Crippen molar-refractivity contribution in [1.82, 2.24) is 0 Å². The number of carbonyl (C=O) groups is 4. The lowest BCUT2D eigenvalue weighted by Crippen LogP contribution is -2.57. The van der Waals surface area contributed by atoms with Crippen molar-refractivity contribution in [1.29, 1.82) is 0 Å². The highest BCUT2D eigenvalue weighted by atomic mass is 16.7. The Morgan fingerprint density at radius 3 is 1.84 bits per heavy atom. The maximum atomic E-state index is 12.1. The van der Waals surface area contributed by atoms with Crippen molar-refractivity contribution >= 4 is 23.9 Å². The molecule has 10 nitrogen and oxygen atoms in total. The quantitative estimate of drug-likeness (QED) is 0.263. The molecule has 0 aromatic heterocycles. The van der Waals surface area contributed by atoms with Crippen molar-refractivity contribution in [3.63, 3.8) is 0 Å². The minimum absolute atomic E-state index is 0.0190. The van der Waals surface area contributed by atoms with Gasteiger partial charge in [0.25, 0.3) is 0 Å². The molecule has 1 saturated heterocycles. The summed E-state index contributed by atoms with van der Waals surface area (Å²) in [6, 6.07) is 0. The number of hydrogen-bond donors (Lipinski definition) is 0. The maximum Gasteiger partial charge on any atom is 0.320 e. The number of hydrogen-bond acceptors (Lipinski definition) is 10. The van der Waals surface area contributed by atoms with Gasteiger partial charge in [0, 0.05) is 19.8 Å². The second-order valence-corrected chi connectivity index (χ2v) is 7.17. The zero-order chi connectivity index (χ0) is 23.6. The van der Waals surface area contributed by atoms with E-state index in [4.69, 9.17) is 28.4 Å². The van der Waals surface area contributed by atoms with Gasteiger partial charge in [0.05, 0.1) is 25.9 Å². The first-order chi connectivity index (χ1) is 14.7. The summed E-state index contributed by atoms with van der Waals surface area (Å²) in [5.41, 5.74) is 0. The van der Waals surface area contributed by atoms with Crippen LogP contribution in [0, 0.1) is 11.8 Å². The summed E-state index contributed by atoms with van der Waals surface area (Å²) >= 11 is 0. The van der Waals surface area contributed by atoms with Crippen LogP contribution in [-0.2, 0) is 47.6 Å². The fourth-order valence-corrected chi connectivity index (χ4v) is 3.44. The molecule has 0 bridgehead atoms. The summed E-state index contributed by atoms with van der Waals surface area (Å²) in [6.07, 6.45) is -2.53. The van der Waals surface area contributed by atoms with E-state index in [1.807, 2.05) is 13.8 Å². The van der Waals surface area contributed by atoms with Gasteiger partial charge in [0.15, 0.2) is 18.3 Å². The Bertz CT molecular complexity index is 601. The minimum Gasteiger partial charge on any atom is -0.465 e. The van der Waals surface area contributed by atoms with E-state index >= 15 is 0 Å². The molecule has 0 aromatic rings. The zero-order valence-electron chi connectivity index (χ0n) is 19.1. The highest BCUT2D eigenvalue weighted by Crippen LogP contribution is 2.32. The van der Waals surface area contributed by atoms with Gasteiger partial charge < -0.3 is 28.4 Å². The molecule has 1 heterocycles. The van der Waals surface area contributed by atoms with Crippen LogP contribution in [0.15, 0.2) is 0 Å². The van der Waals surface area contributed by atoms with Crippen molar-refractivity contribution in [3.05, 3.63) is 0 Å². The third-order valence-corrected chi connectivity index (χ3v) is 4.84. The number of ether oxygens (including phenoxy) is 6. The summed E-state index contributed by atoms with van der Waals surface area (Å²) in [6.45, 7) is 9.69. The van der Waals surface area contributed by atoms with Gasteiger partial charge in [0.2, 0.25) is 0 Å². The zero-order valence-corrected chi connectivity index (χ0v) is 19.1. The molecular formula is C21H34O10. The van der Waals surface area contributed by atoms with Crippen LogP contribution in [0.5, 0.6) is 0 Å². The molecule has 1 rings (SSSR count). The van der Waals surface area contributed by atoms with Gasteiger partial charge in [-0.15, -0.1) is 0 Å². The van der Waals surface area contributed by atoms with E-state index in [1.165, 1.54) is 13.8 Å². The van der Waals surface area contributed by atoms with Gasteiger partial charge in [-0.2, -0.15) is 0 Å². The Balaban J connectivity index is 2.96. The molecule has 0 N–H and O–H groups in total. The molecule has 1 aliphatic heterocycles. The molecule has 1 fully saturated rings. The van der Waals surface area contributed by atoms with Crippen LogP contribution in [0.25, 0.3) is 0 Å². The number of esters is 4. The molecule has 1 unspecified atom stereocenters. The average molecular weight is 446 g/mol. The maximum absolute atomic E-state index is 12.1. The summed E-state index contributed by atoms with van der Waals surface area (Å²) in [7, 11) is 0. The highest BCUT2D eigenvalue weighted by molar-refractivity contribution is 5.94. The molecule has 0 saturated carbocycles. The highest BCUT2D eigenvalue weighted by Gasteiger charge is 2.48. The monoisotopic (exact) mass is 446 g/mol. The van der Waals surface area contributed by atoms with Gasteiger partial charge in [-0.05, 0) is 26.7 Å². The summed E-state index contributed by atoms with van der Waals surface area (Å²) < 4.78 is 32.4. The second kappa shape index (κ2) is 13.3. The van der Waals surface area contributed by atoms with Crippen LogP contribution in [0.2, 0.25) is 0 Å². The van der Waals surface area contributed by atoms with Crippen molar-refractivity contribution in [2.24, 2.45) is 11.8 Å². The van der Waals surface area contributed by atoms with E-state index in [0.29, 0.717) is 6.42 Å². The van der Waals surface area contributed by atoms with Gasteiger partial charge in [-0.1, -0.05) is 13.8 Å². The number of carbonyl (C=O) groups excluding carboxylic acids is 4. The van der Waals surface area contributed by atoms with Gasteiger partial charge in [0.1, 0.15) is 6.10 Å². The topological polar surface area (TPSA) is 124 Å². The summed E-state index contributed by atoms with van der Waals surface area (Å²) in [5, 5.41) is 0. The van der Waals surface area contributed by atoms with Crippen molar-refractivity contribution in [2.75, 3.05) is 19.8 Å². The van der Waals surface area contributed by atoms with Crippen LogP contribution in [-0.4, -0.2) is 68.3 Å². The Hall–Kier alpha value is -2.20. The third kappa shape index (κ3) is 8.10. The molecule has 0 aliphatic carbocycles. The second-order valence-electron chi connectivity index (χ2n) is 7.17. The Morgan fingerprint density at radius 2 is 1.39 bits per heavy atom. The molecule has 178 valence electrons. The third-order valence-electron chi connectivity index (χ3n) is 4.84. The lowest BCUT2D eigenvalue weighted by atomic mass is 9.89. The molecule has 1 aliphatic rings. The van der Waals surface area contributed by atoms with E-state index in [9.17, 15) is 19.2 Å². The molecule has 10 heteroatoms. The van der Waals surface area contributed by atoms with Crippen LogP contribution in [0.1, 0.15) is 54.4 Å². The standard InChI is InChI=1S/C21H34O10/c1-7-16-12(4)17(29-13(5)22)18(30-14(6)23)21(31-16)28-11-10-15(19(24)26-8-2)20(25)27-9-3/h12,15-18,21H,7-11H2,1-6H3/t12-,16-,17+,18+,21?/m1/s1. The predicted octanol–water partition coefficient (Wildman–Crippen LogP) is 1.77. The fourth-order valence-electron chi connectivity index (χ4n) is 3.44. The molecular weight excluding hydrogens is 412 g/mol. The largest absolute Gasteiger partial charge is 0.465 e. The molecule has 31 heavy (non-hydrogen) atoms. The van der Waals surface area contributed by atoms with E-state index < -0.39 is 48.3 Å². The van der Waals surface area contributed by atoms with Gasteiger partial charge >= 0.3 is 23.9 Å². The fraction of sp³-hybridized carbons (Fsp3) is 0.810. The van der Waals surface area contributed by atoms with Crippen molar-refractivity contribution < 1.29 is 47.6 Å². The van der Waals surface area contributed by atoms with Crippen LogP contribution >= 0.6 is 0 Å². The van der Waals surface area contributed by atoms with Crippen molar-refractivity contribution in [2.45, 2.75) is 79.0 Å². The van der Waals surface area contributed by atoms with Crippen LogP contribution in [0.3, 0.4) is 0 Å². The first kappa shape index (κ1) is 26.8. The van der Waals surface area contributed by atoms with E-state index in [2.05, 4.69) is 0 Å². The van der Waals surface area contributed by atoms with Gasteiger partial charge in [-0.3, -0.25) is 19.2 Å². The molecule has 0 aromatic carbocycles. The number of rotatable bonds is 11. The van der Waals surface area contributed by atoms with Crippen LogP contribution < -0.4 is 0 Å². The van der Waals surface area contributed by atoms with E-state index in [0.717, 1.165) is 0 Å². The van der Waals surface area contributed by atoms with Crippen LogP contribution in [0.4, 0.5) is 0 Å². The first-order valence-electron chi connectivity index (χ1n) is 10.6. The van der Waals surface area contributed by atoms with E-state index in [-0.39, 0.29) is 38.3 Å². The Kier molecular flexibility index (Phi) is 11.5. The Labute approximate surface area is 182 Å². The SMILES string of the molecule is CCOC(=O)C(CCOC1O[C@H](CC)[C@@H](C)[C@H](OC(C)=O)[C@@H]1OC(C)=O)C(=O)OCC. The normalized spacial score (nSPS) is 25.6.